The number of thiazole rings is 1. The summed E-state index contributed by atoms with van der Waals surface area (Å²) >= 11 is 9.35. The number of benzene rings is 1. The molecule has 0 aliphatic carbocycles. The molecule has 3 rings (SSSR count). The molecule has 0 aliphatic heterocycles. The molecular formula is C19H24ClN7S2. The summed E-state index contributed by atoms with van der Waals surface area (Å²) in [6.45, 7) is 2.81. The number of thioether (sulfide) groups is 1. The molecule has 29 heavy (non-hydrogen) atoms. The van der Waals surface area contributed by atoms with E-state index in [1.165, 1.54) is 11.3 Å². The van der Waals surface area contributed by atoms with E-state index in [1.807, 2.05) is 41.4 Å². The molecule has 7 nitrogen and oxygen atoms in total. The Balaban J connectivity index is 1.37. The Kier molecular flexibility index (Phi) is 7.93. The van der Waals surface area contributed by atoms with E-state index in [2.05, 4.69) is 32.2 Å². The van der Waals surface area contributed by atoms with Gasteiger partial charge in [0.25, 0.3) is 0 Å². The van der Waals surface area contributed by atoms with Gasteiger partial charge >= 0.3 is 0 Å². The van der Waals surface area contributed by atoms with E-state index < -0.39 is 0 Å². The third kappa shape index (κ3) is 6.74. The lowest BCUT2D eigenvalue weighted by atomic mass is 10.2. The number of guanidine groups is 1. The quantitative estimate of drug-likeness (QED) is 0.247. The van der Waals surface area contributed by atoms with E-state index in [0.717, 1.165) is 53.4 Å². The summed E-state index contributed by atoms with van der Waals surface area (Å²) in [6.07, 6.45) is 1.80. The van der Waals surface area contributed by atoms with Crippen molar-refractivity contribution in [1.82, 2.24) is 14.9 Å². The normalized spacial score (nSPS) is 11.1. The Labute approximate surface area is 183 Å². The number of likely N-dealkylation sites (N-methyl/N-ethyl adjacent to an activating group) is 1. The standard InChI is InChI=1S/C19H24ClN7S2/c1-27(8-9-28-11-14-12-29-19(25-14)26-18(21)22)7-6-24-16-4-5-23-17-10-13(20)2-3-15(16)17/h2-5,10,12H,6-9,11H2,1H3,(H,23,24)(H4,21,22,25,26). The van der Waals surface area contributed by atoms with Gasteiger partial charge in [0.05, 0.1) is 11.2 Å². The van der Waals surface area contributed by atoms with Crippen LogP contribution in [0.5, 0.6) is 0 Å². The molecule has 0 aliphatic rings. The Morgan fingerprint density at radius 3 is 3.00 bits per heavy atom. The maximum atomic E-state index is 6.05. The zero-order valence-corrected chi connectivity index (χ0v) is 18.5. The minimum Gasteiger partial charge on any atom is -0.383 e. The van der Waals surface area contributed by atoms with Crippen molar-refractivity contribution in [3.05, 3.63) is 46.6 Å². The molecule has 5 N–H and O–H groups in total. The number of aromatic nitrogens is 2. The maximum absolute atomic E-state index is 6.05. The van der Waals surface area contributed by atoms with Crippen LogP contribution in [0, 0.1) is 0 Å². The molecule has 10 heteroatoms. The van der Waals surface area contributed by atoms with Gasteiger partial charge in [0.15, 0.2) is 5.96 Å². The molecule has 2 aromatic heterocycles. The van der Waals surface area contributed by atoms with Gasteiger partial charge in [0.2, 0.25) is 5.13 Å². The first-order chi connectivity index (χ1) is 14.0. The minimum atomic E-state index is 0.0392. The van der Waals surface area contributed by atoms with Crippen LogP contribution in [0.15, 0.2) is 40.8 Å². The highest BCUT2D eigenvalue weighted by Gasteiger charge is 2.05. The Hall–Kier alpha value is -2.07. The number of halogens is 1. The number of nitrogens with zero attached hydrogens (tertiary/aromatic N) is 4. The summed E-state index contributed by atoms with van der Waals surface area (Å²) in [5, 5.41) is 7.88. The Morgan fingerprint density at radius 2 is 2.17 bits per heavy atom. The summed E-state index contributed by atoms with van der Waals surface area (Å²) in [5.41, 5.74) is 13.7. The van der Waals surface area contributed by atoms with Gasteiger partial charge in [0.1, 0.15) is 0 Å². The van der Waals surface area contributed by atoms with Gasteiger partial charge in [-0.15, -0.1) is 11.3 Å². The Morgan fingerprint density at radius 1 is 1.31 bits per heavy atom. The fourth-order valence-corrected chi connectivity index (χ4v) is 4.61. The van der Waals surface area contributed by atoms with E-state index in [4.69, 9.17) is 23.1 Å². The molecule has 2 heterocycles. The lowest BCUT2D eigenvalue weighted by Gasteiger charge is -2.17. The molecule has 154 valence electrons. The third-order valence-electron chi connectivity index (χ3n) is 4.15. The van der Waals surface area contributed by atoms with Crippen LogP contribution in [0.4, 0.5) is 10.8 Å². The van der Waals surface area contributed by atoms with E-state index >= 15 is 0 Å². The number of nitrogens with one attached hydrogen (secondary N) is 1. The second-order valence-electron chi connectivity index (χ2n) is 6.46. The van der Waals surface area contributed by atoms with Crippen molar-refractivity contribution in [1.29, 1.82) is 0 Å². The molecular weight excluding hydrogens is 426 g/mol. The first-order valence-corrected chi connectivity index (χ1v) is 11.5. The summed E-state index contributed by atoms with van der Waals surface area (Å²) in [7, 11) is 2.13. The molecule has 0 saturated carbocycles. The lowest BCUT2D eigenvalue weighted by Crippen LogP contribution is -2.27. The van der Waals surface area contributed by atoms with Crippen LogP contribution >= 0.6 is 34.7 Å². The first-order valence-electron chi connectivity index (χ1n) is 9.10. The van der Waals surface area contributed by atoms with Crippen molar-refractivity contribution in [2.24, 2.45) is 16.5 Å². The predicted molar refractivity (Wildman–Crippen MR) is 126 cm³/mol. The van der Waals surface area contributed by atoms with Gasteiger partial charge in [0, 0.05) is 58.8 Å². The molecule has 0 unspecified atom stereocenters. The number of hydrogen-bond acceptors (Lipinski definition) is 7. The minimum absolute atomic E-state index is 0.0392. The fourth-order valence-electron chi connectivity index (χ4n) is 2.69. The maximum Gasteiger partial charge on any atom is 0.212 e. The van der Waals surface area contributed by atoms with Crippen molar-refractivity contribution < 1.29 is 0 Å². The number of nitrogens with two attached hydrogens (primary N) is 2. The predicted octanol–water partition coefficient (Wildman–Crippen LogP) is 3.53. The van der Waals surface area contributed by atoms with Gasteiger partial charge in [-0.3, -0.25) is 4.98 Å². The molecule has 1 aromatic carbocycles. The first kappa shape index (κ1) is 21.6. The topological polar surface area (TPSA) is 105 Å². The molecule has 0 spiro atoms. The highest BCUT2D eigenvalue weighted by Crippen LogP contribution is 2.24. The zero-order chi connectivity index (χ0) is 20.6. The van der Waals surface area contributed by atoms with Crippen LogP contribution < -0.4 is 16.8 Å². The van der Waals surface area contributed by atoms with E-state index in [0.29, 0.717) is 10.2 Å². The zero-order valence-electron chi connectivity index (χ0n) is 16.1. The molecule has 3 aromatic rings. The van der Waals surface area contributed by atoms with Crippen LogP contribution in [0.3, 0.4) is 0 Å². The largest absolute Gasteiger partial charge is 0.383 e. The average molecular weight is 450 g/mol. The molecule has 0 atom stereocenters. The van der Waals surface area contributed by atoms with Crippen LogP contribution in [-0.4, -0.2) is 53.3 Å². The number of fused-ring (bicyclic) bond motifs is 1. The third-order valence-corrected chi connectivity index (χ3v) is 6.13. The average Bonchev–Trinajstić information content (AvgIpc) is 3.11. The molecule has 0 fully saturated rings. The van der Waals surface area contributed by atoms with Crippen molar-refractivity contribution >= 4 is 62.4 Å². The molecule has 0 radical (unpaired) electrons. The van der Waals surface area contributed by atoms with Gasteiger partial charge in [-0.1, -0.05) is 11.6 Å². The number of aliphatic imine (C=N–C) groups is 1. The Bertz CT molecular complexity index is 972. The second kappa shape index (κ2) is 10.6. The van der Waals surface area contributed by atoms with E-state index in [9.17, 15) is 0 Å². The summed E-state index contributed by atoms with van der Waals surface area (Å²) in [5.74, 6) is 1.92. The number of hydrogen-bond donors (Lipinski definition) is 3. The summed E-state index contributed by atoms with van der Waals surface area (Å²) in [4.78, 5) is 15.0. The monoisotopic (exact) mass is 449 g/mol. The number of anilines is 1. The summed E-state index contributed by atoms with van der Waals surface area (Å²) in [6, 6.07) is 7.78. The number of pyridine rings is 1. The SMILES string of the molecule is CN(CCNc1ccnc2cc(Cl)ccc12)CCSCc1csc(N=C(N)N)n1. The smallest absolute Gasteiger partial charge is 0.212 e. The molecule has 0 saturated heterocycles. The van der Waals surface area contributed by atoms with Crippen LogP contribution in [0.25, 0.3) is 10.9 Å². The second-order valence-corrected chi connectivity index (χ2v) is 8.84. The summed E-state index contributed by atoms with van der Waals surface area (Å²) < 4.78 is 0. The van der Waals surface area contributed by atoms with Gasteiger partial charge in [-0.25, -0.2) is 4.98 Å². The van der Waals surface area contributed by atoms with Gasteiger partial charge in [-0.2, -0.15) is 16.8 Å². The highest BCUT2D eigenvalue weighted by molar-refractivity contribution is 7.98. The highest BCUT2D eigenvalue weighted by atomic mass is 35.5. The lowest BCUT2D eigenvalue weighted by molar-refractivity contribution is 0.370. The van der Waals surface area contributed by atoms with Crippen LogP contribution in [0.1, 0.15) is 5.69 Å². The van der Waals surface area contributed by atoms with Crippen LogP contribution in [-0.2, 0) is 5.75 Å². The molecule has 0 amide bonds. The van der Waals surface area contributed by atoms with E-state index in [-0.39, 0.29) is 5.96 Å². The van der Waals surface area contributed by atoms with Gasteiger partial charge < -0.3 is 21.7 Å². The van der Waals surface area contributed by atoms with Crippen LogP contribution in [0.2, 0.25) is 5.02 Å². The fraction of sp³-hybridized carbons (Fsp3) is 0.316. The van der Waals surface area contributed by atoms with Crippen molar-refractivity contribution in [3.63, 3.8) is 0 Å². The molecule has 0 bridgehead atoms. The number of rotatable bonds is 10. The van der Waals surface area contributed by atoms with Crippen molar-refractivity contribution in [3.8, 4) is 0 Å². The van der Waals surface area contributed by atoms with E-state index in [1.54, 1.807) is 6.20 Å². The van der Waals surface area contributed by atoms with Crippen molar-refractivity contribution in [2.45, 2.75) is 5.75 Å². The van der Waals surface area contributed by atoms with Gasteiger partial charge in [-0.05, 0) is 31.3 Å². The van der Waals surface area contributed by atoms with Crippen molar-refractivity contribution in [2.75, 3.05) is 37.8 Å².